The molecular formula is C43H50IrNO2S2-. The summed E-state index contributed by atoms with van der Waals surface area (Å²) in [5, 5.41) is 14.7. The van der Waals surface area contributed by atoms with E-state index in [1.807, 2.05) is 72.1 Å². The Morgan fingerprint density at radius 1 is 0.857 bits per heavy atom. The van der Waals surface area contributed by atoms with Gasteiger partial charge in [0.15, 0.2) is 5.78 Å². The first kappa shape index (κ1) is 35.9. The van der Waals surface area contributed by atoms with Gasteiger partial charge in [0, 0.05) is 78.2 Å². The van der Waals surface area contributed by atoms with Crippen molar-refractivity contribution >= 4 is 68.8 Å². The third-order valence-electron chi connectivity index (χ3n) is 9.00. The van der Waals surface area contributed by atoms with Gasteiger partial charge < -0.3 is 10.1 Å². The van der Waals surface area contributed by atoms with E-state index < -0.39 is 11.8 Å². The van der Waals surface area contributed by atoms with Gasteiger partial charge in [0.25, 0.3) is 0 Å². The Labute approximate surface area is 317 Å². The number of ketones is 1. The zero-order chi connectivity index (χ0) is 36.5. The number of hydrogen-bond donors (Lipinski definition) is 1. The number of fused-ring (bicyclic) bond motifs is 7. The van der Waals surface area contributed by atoms with Gasteiger partial charge in [-0.1, -0.05) is 86.6 Å². The van der Waals surface area contributed by atoms with E-state index in [9.17, 15) is 9.90 Å². The fraction of sp³-hybridized carbons (Fsp3) is 0.395. The number of aromatic nitrogens is 1. The predicted octanol–water partition coefficient (Wildman–Crippen LogP) is 13.4. The van der Waals surface area contributed by atoms with Crippen molar-refractivity contribution in [3.8, 4) is 11.3 Å². The molecule has 6 rings (SSSR count). The van der Waals surface area contributed by atoms with E-state index in [0.717, 1.165) is 52.8 Å². The zero-order valence-electron chi connectivity index (χ0n) is 32.2. The number of allylic oxidation sites excluding steroid dienone is 2. The number of aliphatic hydroxyl groups excluding tert-OH is 1. The number of pyridine rings is 1. The Balaban J connectivity index is 0.000000312. The van der Waals surface area contributed by atoms with E-state index in [1.165, 1.54) is 47.3 Å². The number of aryl methyl sites for hydroxylation is 2. The van der Waals surface area contributed by atoms with Crippen LogP contribution in [0.2, 0.25) is 0 Å². The van der Waals surface area contributed by atoms with E-state index in [2.05, 4.69) is 62.4 Å². The van der Waals surface area contributed by atoms with Gasteiger partial charge in [0.2, 0.25) is 0 Å². The zero-order valence-corrected chi connectivity index (χ0v) is 34.2. The first-order valence-electron chi connectivity index (χ1n) is 18.3. The number of nitrogens with zero attached hydrogens (tertiary/aromatic N) is 1. The summed E-state index contributed by atoms with van der Waals surface area (Å²) >= 11 is 3.58. The molecule has 0 spiro atoms. The SMILES string of the molecule is CCC(CC)C(=O)/C=C(\O)C(CC)CC.[2H]C([2H])(c1ccc2c(c1)sc1c2ccc2c3ccnc(-c4[c-]c(C)cc(C)c4)c3sc21)C(C)(C)C.[Ir]. The summed E-state index contributed by atoms with van der Waals surface area (Å²) in [7, 11) is 0. The van der Waals surface area contributed by atoms with Gasteiger partial charge in [-0.15, -0.1) is 57.6 Å². The monoisotopic (exact) mass is 871 g/mol. The van der Waals surface area contributed by atoms with E-state index >= 15 is 0 Å². The van der Waals surface area contributed by atoms with Crippen molar-refractivity contribution in [2.45, 2.75) is 94.4 Å². The summed E-state index contributed by atoms with van der Waals surface area (Å²) < 4.78 is 22.3. The molecular weight excluding hydrogens is 819 g/mol. The van der Waals surface area contributed by atoms with Crippen LogP contribution in [0.1, 0.15) is 93.6 Å². The molecule has 6 heteroatoms. The molecule has 0 aliphatic heterocycles. The van der Waals surface area contributed by atoms with E-state index in [-0.39, 0.29) is 43.5 Å². The molecule has 0 fully saturated rings. The van der Waals surface area contributed by atoms with Crippen LogP contribution in [0.25, 0.3) is 51.6 Å². The summed E-state index contributed by atoms with van der Waals surface area (Å²) in [5.41, 5.74) is 4.64. The molecule has 3 heterocycles. The average Bonchev–Trinajstić information content (AvgIpc) is 3.63. The fourth-order valence-electron chi connectivity index (χ4n) is 6.50. The number of carbonyl (C=O) groups excluding carboxylic acids is 1. The Bertz CT molecular complexity index is 2180. The van der Waals surface area contributed by atoms with Crippen LogP contribution in [0.3, 0.4) is 0 Å². The summed E-state index contributed by atoms with van der Waals surface area (Å²) in [6.45, 7) is 18.2. The van der Waals surface area contributed by atoms with E-state index in [0.29, 0.717) is 0 Å². The Kier molecular flexibility index (Phi) is 12.0. The molecule has 1 radical (unpaired) electrons. The molecule has 0 aliphatic carbocycles. The molecule has 261 valence electrons. The predicted molar refractivity (Wildman–Crippen MR) is 211 cm³/mol. The van der Waals surface area contributed by atoms with Crippen LogP contribution in [0.5, 0.6) is 0 Å². The topological polar surface area (TPSA) is 50.2 Å². The number of carbonyl (C=O) groups is 1. The molecule has 0 bridgehead atoms. The minimum absolute atomic E-state index is 0. The molecule has 0 atom stereocenters. The van der Waals surface area contributed by atoms with Crippen LogP contribution >= 0.6 is 22.7 Å². The number of benzene rings is 3. The van der Waals surface area contributed by atoms with Crippen molar-refractivity contribution in [3.05, 3.63) is 89.3 Å². The summed E-state index contributed by atoms with van der Waals surface area (Å²) in [6.07, 6.45) is 5.40. The van der Waals surface area contributed by atoms with Crippen molar-refractivity contribution in [1.29, 1.82) is 0 Å². The Morgan fingerprint density at radius 2 is 1.45 bits per heavy atom. The van der Waals surface area contributed by atoms with Crippen LogP contribution in [-0.2, 0) is 31.3 Å². The second-order valence-corrected chi connectivity index (χ2v) is 16.0. The quantitative estimate of drug-likeness (QED) is 0.0895. The Hall–Kier alpha value is -2.89. The molecule has 0 saturated carbocycles. The van der Waals surface area contributed by atoms with Gasteiger partial charge in [0.05, 0.1) is 15.2 Å². The maximum atomic E-state index is 11.7. The van der Waals surface area contributed by atoms with Crippen molar-refractivity contribution < 1.29 is 32.7 Å². The van der Waals surface area contributed by atoms with Crippen LogP contribution in [0.15, 0.2) is 66.6 Å². The maximum absolute atomic E-state index is 11.7. The largest absolute Gasteiger partial charge is 0.512 e. The Morgan fingerprint density at radius 3 is 2.06 bits per heavy atom. The molecule has 0 unspecified atom stereocenters. The molecule has 3 nitrogen and oxygen atoms in total. The normalized spacial score (nSPS) is 13.2. The van der Waals surface area contributed by atoms with E-state index in [1.54, 1.807) is 11.3 Å². The van der Waals surface area contributed by atoms with E-state index in [4.69, 9.17) is 7.73 Å². The summed E-state index contributed by atoms with van der Waals surface area (Å²) in [6, 6.07) is 20.5. The number of rotatable bonds is 9. The standard InChI is InChI=1S/C30H26NS2.C13H24O2.Ir/c1-17-12-18(2)14-20(13-17)26-27-24(10-11-31-26)23-9-8-22-21-7-6-19(16-30(3,4)5)15-25(21)32-28(22)29(23)33-27;1-5-10(6-2)12(14)9-13(15)11(7-3)8-4;/h6-13,15H,16H2,1-5H3;9-11,14H,5-8H2,1-4H3;/q-1;;/b;12-9-;/i16D2;;. The molecule has 3 aromatic carbocycles. The van der Waals surface area contributed by atoms with Gasteiger partial charge >= 0.3 is 0 Å². The molecule has 0 amide bonds. The average molecular weight is 871 g/mol. The van der Waals surface area contributed by atoms with Gasteiger partial charge in [-0.25, -0.2) is 0 Å². The molecule has 3 aromatic heterocycles. The van der Waals surface area contributed by atoms with Gasteiger partial charge in [-0.2, -0.15) is 0 Å². The van der Waals surface area contributed by atoms with Gasteiger partial charge in [0.1, 0.15) is 0 Å². The number of thiophene rings is 2. The van der Waals surface area contributed by atoms with Crippen LogP contribution in [0.4, 0.5) is 0 Å². The molecule has 0 aliphatic rings. The van der Waals surface area contributed by atoms with Crippen LogP contribution in [-0.4, -0.2) is 15.9 Å². The minimum Gasteiger partial charge on any atom is -0.512 e. The molecule has 0 saturated heterocycles. The molecule has 6 aromatic rings. The second kappa shape index (κ2) is 16.4. The summed E-state index contributed by atoms with van der Waals surface area (Å²) in [5.74, 6) is 0.547. The number of aliphatic hydroxyl groups is 1. The first-order valence-corrected chi connectivity index (χ1v) is 18.9. The van der Waals surface area contributed by atoms with Crippen LogP contribution in [0, 0.1) is 37.2 Å². The number of hydrogen-bond acceptors (Lipinski definition) is 5. The maximum Gasteiger partial charge on any atom is 0.162 e. The smallest absolute Gasteiger partial charge is 0.162 e. The molecule has 1 N–H and O–H groups in total. The van der Waals surface area contributed by atoms with Crippen LogP contribution < -0.4 is 0 Å². The fourth-order valence-corrected chi connectivity index (χ4v) is 9.18. The summed E-state index contributed by atoms with van der Waals surface area (Å²) in [4.78, 5) is 16.5. The van der Waals surface area contributed by atoms with Gasteiger partial charge in [-0.3, -0.25) is 4.79 Å². The third kappa shape index (κ3) is 8.71. The second-order valence-electron chi connectivity index (χ2n) is 13.9. The van der Waals surface area contributed by atoms with Gasteiger partial charge in [-0.05, 0) is 60.6 Å². The van der Waals surface area contributed by atoms with Crippen molar-refractivity contribution in [2.24, 2.45) is 17.3 Å². The first-order chi connectivity index (χ1) is 23.6. The molecule has 49 heavy (non-hydrogen) atoms. The van der Waals surface area contributed by atoms with Crippen molar-refractivity contribution in [2.75, 3.05) is 0 Å². The minimum atomic E-state index is -1.41. The van der Waals surface area contributed by atoms with Crippen molar-refractivity contribution in [3.63, 3.8) is 0 Å². The van der Waals surface area contributed by atoms with Crippen molar-refractivity contribution in [1.82, 2.24) is 4.98 Å². The third-order valence-corrected chi connectivity index (χ3v) is 11.6.